The van der Waals surface area contributed by atoms with Gasteiger partial charge in [-0.3, -0.25) is 4.79 Å². The predicted molar refractivity (Wildman–Crippen MR) is 102 cm³/mol. The molecule has 1 aromatic carbocycles. The molecule has 3 amide bonds. The highest BCUT2D eigenvalue weighted by Crippen LogP contribution is 2.20. The Morgan fingerprint density at radius 2 is 1.85 bits per heavy atom. The van der Waals surface area contributed by atoms with Crippen molar-refractivity contribution in [1.82, 2.24) is 15.1 Å². The molecule has 7 heteroatoms. The second-order valence-corrected chi connectivity index (χ2v) is 7.05. The van der Waals surface area contributed by atoms with Crippen molar-refractivity contribution in [3.63, 3.8) is 0 Å². The summed E-state index contributed by atoms with van der Waals surface area (Å²) in [5.74, 6) is -0.282. The Bertz CT molecular complexity index is 628. The number of rotatable bonds is 6. The van der Waals surface area contributed by atoms with E-state index < -0.39 is 0 Å². The molecular formula is C20H30FN3O3. The molecule has 1 fully saturated rings. The summed E-state index contributed by atoms with van der Waals surface area (Å²) in [6, 6.07) is 5.72. The lowest BCUT2D eigenvalue weighted by molar-refractivity contribution is -0.143. The van der Waals surface area contributed by atoms with Gasteiger partial charge in [-0.1, -0.05) is 12.1 Å². The molecule has 2 rings (SSSR count). The lowest BCUT2D eigenvalue weighted by Gasteiger charge is -2.35. The largest absolute Gasteiger partial charge is 0.372 e. The van der Waals surface area contributed by atoms with Crippen LogP contribution >= 0.6 is 0 Å². The zero-order valence-corrected chi connectivity index (χ0v) is 16.6. The van der Waals surface area contributed by atoms with Crippen molar-refractivity contribution in [3.8, 4) is 0 Å². The van der Waals surface area contributed by atoms with Crippen molar-refractivity contribution in [2.75, 3.05) is 26.2 Å². The zero-order valence-electron chi connectivity index (χ0n) is 16.6. The first kappa shape index (κ1) is 21.2. The summed E-state index contributed by atoms with van der Waals surface area (Å²) >= 11 is 0. The van der Waals surface area contributed by atoms with E-state index in [1.807, 2.05) is 27.7 Å². The molecule has 0 saturated carbocycles. The maximum atomic E-state index is 13.1. The van der Waals surface area contributed by atoms with Crippen LogP contribution in [0.5, 0.6) is 0 Å². The van der Waals surface area contributed by atoms with Crippen molar-refractivity contribution in [2.45, 2.75) is 52.4 Å². The Morgan fingerprint density at radius 1 is 1.26 bits per heavy atom. The predicted octanol–water partition coefficient (Wildman–Crippen LogP) is 2.94. The van der Waals surface area contributed by atoms with E-state index in [0.29, 0.717) is 19.6 Å². The smallest absolute Gasteiger partial charge is 0.317 e. The summed E-state index contributed by atoms with van der Waals surface area (Å²) in [4.78, 5) is 28.3. The molecule has 0 bridgehead atoms. The molecule has 0 aromatic heterocycles. The molecule has 6 nitrogen and oxygen atoms in total. The molecule has 1 aliphatic heterocycles. The van der Waals surface area contributed by atoms with Crippen molar-refractivity contribution >= 4 is 11.9 Å². The summed E-state index contributed by atoms with van der Waals surface area (Å²) in [7, 11) is 0. The number of carbonyl (C=O) groups excluding carboxylic acids is 2. The highest BCUT2D eigenvalue weighted by atomic mass is 19.1. The minimum absolute atomic E-state index is 0.0203. The number of carbonyl (C=O) groups is 2. The Kier molecular flexibility index (Phi) is 7.59. The average molecular weight is 379 g/mol. The van der Waals surface area contributed by atoms with Crippen LogP contribution in [0, 0.1) is 5.82 Å². The van der Waals surface area contributed by atoms with Gasteiger partial charge in [-0.05, 0) is 45.4 Å². The van der Waals surface area contributed by atoms with Crippen molar-refractivity contribution in [2.24, 2.45) is 0 Å². The Balaban J connectivity index is 1.84. The molecular weight excluding hydrogens is 349 g/mol. The van der Waals surface area contributed by atoms with E-state index >= 15 is 0 Å². The standard InChI is InChI=1S/C20H30FN3O3/c1-5-24(16(4)17-6-8-18(21)9-7-17)20(26)22-11-10-19(25)23-12-14(2)27-15(3)13-23/h6-9,14-16H,5,10-13H2,1-4H3,(H,22,26)/t14-,15-,16-/m0/s1. The summed E-state index contributed by atoms with van der Waals surface area (Å²) < 4.78 is 18.7. The number of nitrogens with zero attached hydrogens (tertiary/aromatic N) is 2. The van der Waals surface area contributed by atoms with E-state index in [9.17, 15) is 14.0 Å². The van der Waals surface area contributed by atoms with Gasteiger partial charge in [-0.15, -0.1) is 0 Å². The lowest BCUT2D eigenvalue weighted by atomic mass is 10.1. The van der Waals surface area contributed by atoms with Gasteiger partial charge in [0.2, 0.25) is 5.91 Å². The third-order valence-corrected chi connectivity index (χ3v) is 4.81. The summed E-state index contributed by atoms with van der Waals surface area (Å²) in [5, 5.41) is 2.82. The molecule has 3 atom stereocenters. The fourth-order valence-corrected chi connectivity index (χ4v) is 3.43. The van der Waals surface area contributed by atoms with Gasteiger partial charge in [-0.2, -0.15) is 0 Å². The monoisotopic (exact) mass is 379 g/mol. The fraction of sp³-hybridized carbons (Fsp3) is 0.600. The van der Waals surface area contributed by atoms with Crippen LogP contribution in [0.15, 0.2) is 24.3 Å². The van der Waals surface area contributed by atoms with Crippen LogP contribution in [0.4, 0.5) is 9.18 Å². The number of amides is 3. The van der Waals surface area contributed by atoms with Gasteiger partial charge in [0.15, 0.2) is 0 Å². The van der Waals surface area contributed by atoms with Crippen molar-refractivity contribution in [1.29, 1.82) is 0 Å². The summed E-state index contributed by atoms with van der Waals surface area (Å²) in [6.07, 6.45) is 0.312. The maximum Gasteiger partial charge on any atom is 0.317 e. The van der Waals surface area contributed by atoms with E-state index in [0.717, 1.165) is 5.56 Å². The molecule has 0 aliphatic carbocycles. The molecule has 1 saturated heterocycles. The highest BCUT2D eigenvalue weighted by molar-refractivity contribution is 5.78. The second-order valence-electron chi connectivity index (χ2n) is 7.05. The van der Waals surface area contributed by atoms with E-state index in [1.54, 1.807) is 21.9 Å². The van der Waals surface area contributed by atoms with Crippen molar-refractivity contribution < 1.29 is 18.7 Å². The summed E-state index contributed by atoms with van der Waals surface area (Å²) in [5.41, 5.74) is 0.862. The zero-order chi connectivity index (χ0) is 20.0. The third kappa shape index (κ3) is 5.92. The van der Waals surface area contributed by atoms with Gasteiger partial charge in [0.1, 0.15) is 5.82 Å². The van der Waals surface area contributed by atoms with E-state index in [2.05, 4.69) is 5.32 Å². The van der Waals surface area contributed by atoms with Crippen LogP contribution in [0.25, 0.3) is 0 Å². The van der Waals surface area contributed by atoms with Crippen LogP contribution in [-0.2, 0) is 9.53 Å². The molecule has 0 unspecified atom stereocenters. The molecule has 150 valence electrons. The first-order valence-electron chi connectivity index (χ1n) is 9.55. The number of ether oxygens (including phenoxy) is 1. The number of benzene rings is 1. The SMILES string of the molecule is CCN(C(=O)NCCC(=O)N1C[C@H](C)O[C@@H](C)C1)[C@@H](C)c1ccc(F)cc1. The maximum absolute atomic E-state index is 13.1. The van der Waals surface area contributed by atoms with Crippen LogP contribution in [-0.4, -0.2) is 60.1 Å². The molecule has 0 radical (unpaired) electrons. The van der Waals surface area contributed by atoms with Gasteiger partial charge >= 0.3 is 6.03 Å². The molecule has 1 aromatic rings. The Labute approximate surface area is 160 Å². The van der Waals surface area contributed by atoms with Gasteiger partial charge < -0.3 is 19.9 Å². The summed E-state index contributed by atoms with van der Waals surface area (Å²) in [6.45, 7) is 9.65. The molecule has 1 aliphatic rings. The average Bonchev–Trinajstić information content (AvgIpc) is 2.62. The minimum atomic E-state index is -0.302. The van der Waals surface area contributed by atoms with Crippen molar-refractivity contribution in [3.05, 3.63) is 35.6 Å². The van der Waals surface area contributed by atoms with Crippen LogP contribution in [0.2, 0.25) is 0 Å². The fourth-order valence-electron chi connectivity index (χ4n) is 3.43. The number of hydrogen-bond donors (Lipinski definition) is 1. The first-order valence-corrected chi connectivity index (χ1v) is 9.55. The van der Waals surface area contributed by atoms with E-state index in [-0.39, 0.29) is 49.0 Å². The second kappa shape index (κ2) is 9.69. The lowest BCUT2D eigenvalue weighted by Crippen LogP contribution is -2.49. The molecule has 1 heterocycles. The number of morpholine rings is 1. The van der Waals surface area contributed by atoms with Gasteiger partial charge in [0.25, 0.3) is 0 Å². The number of urea groups is 1. The Hall–Kier alpha value is -2.15. The first-order chi connectivity index (χ1) is 12.8. The Morgan fingerprint density at radius 3 is 2.41 bits per heavy atom. The van der Waals surface area contributed by atoms with Gasteiger partial charge in [0.05, 0.1) is 18.2 Å². The molecule has 27 heavy (non-hydrogen) atoms. The van der Waals surface area contributed by atoms with E-state index in [4.69, 9.17) is 4.74 Å². The third-order valence-electron chi connectivity index (χ3n) is 4.81. The minimum Gasteiger partial charge on any atom is -0.372 e. The quantitative estimate of drug-likeness (QED) is 0.827. The van der Waals surface area contributed by atoms with Crippen LogP contribution in [0.3, 0.4) is 0 Å². The molecule has 0 spiro atoms. The topological polar surface area (TPSA) is 61.9 Å². The van der Waals surface area contributed by atoms with Crippen LogP contribution in [0.1, 0.15) is 45.7 Å². The normalized spacial score (nSPS) is 20.9. The van der Waals surface area contributed by atoms with E-state index in [1.165, 1.54) is 12.1 Å². The van der Waals surface area contributed by atoms with Gasteiger partial charge in [-0.25, -0.2) is 9.18 Å². The molecule has 1 N–H and O–H groups in total. The number of nitrogens with one attached hydrogen (secondary N) is 1. The highest BCUT2D eigenvalue weighted by Gasteiger charge is 2.26. The number of hydrogen-bond acceptors (Lipinski definition) is 3. The van der Waals surface area contributed by atoms with Crippen LogP contribution < -0.4 is 5.32 Å². The van der Waals surface area contributed by atoms with Gasteiger partial charge in [0, 0.05) is 32.6 Å². The number of halogens is 1.